The normalized spacial score (nSPS) is 14.6. The Bertz CT molecular complexity index is 287. The van der Waals surface area contributed by atoms with Crippen molar-refractivity contribution in [3.63, 3.8) is 0 Å². The molecule has 104 valence electrons. The lowest BCUT2D eigenvalue weighted by Crippen LogP contribution is -2.29. The third kappa shape index (κ3) is 5.51. The fourth-order valence-electron chi connectivity index (χ4n) is 2.00. The van der Waals surface area contributed by atoms with E-state index in [0.29, 0.717) is 0 Å². The van der Waals surface area contributed by atoms with Gasteiger partial charge in [-0.15, -0.1) is 11.3 Å². The number of nitrogens with two attached hydrogens (primary N) is 1. The molecule has 3 heteroatoms. The lowest BCUT2D eigenvalue weighted by molar-refractivity contribution is 0.0335. The quantitative estimate of drug-likeness (QED) is 0.634. The number of hydrogen-bond donors (Lipinski definition) is 1. The molecule has 18 heavy (non-hydrogen) atoms. The maximum atomic E-state index is 6.15. The number of hydrogen-bond acceptors (Lipinski definition) is 3. The Kier molecular flexibility index (Phi) is 8.31. The summed E-state index contributed by atoms with van der Waals surface area (Å²) < 4.78 is 6.00. The summed E-state index contributed by atoms with van der Waals surface area (Å²) in [5, 5.41) is 2.09. The molecule has 2 N–H and O–H groups in total. The zero-order valence-electron chi connectivity index (χ0n) is 11.7. The molecule has 1 heterocycles. The minimum atomic E-state index is 0.0844. The molecular weight excluding hydrogens is 242 g/mol. The summed E-state index contributed by atoms with van der Waals surface area (Å²) in [6.07, 6.45) is 7.41. The highest BCUT2D eigenvalue weighted by Gasteiger charge is 2.19. The third-order valence-corrected chi connectivity index (χ3v) is 4.16. The van der Waals surface area contributed by atoms with Crippen LogP contribution in [0.1, 0.15) is 63.4 Å². The van der Waals surface area contributed by atoms with E-state index in [4.69, 9.17) is 10.5 Å². The van der Waals surface area contributed by atoms with E-state index in [1.165, 1.54) is 30.6 Å². The van der Waals surface area contributed by atoms with Gasteiger partial charge in [-0.05, 0) is 24.3 Å². The zero-order valence-corrected chi connectivity index (χ0v) is 12.5. The van der Waals surface area contributed by atoms with E-state index < -0.39 is 0 Å². The van der Waals surface area contributed by atoms with Crippen LogP contribution in [0.25, 0.3) is 0 Å². The molecule has 2 atom stereocenters. The van der Waals surface area contributed by atoms with E-state index >= 15 is 0 Å². The Balaban J connectivity index is 2.30. The fraction of sp³-hybridized carbons (Fsp3) is 0.733. The monoisotopic (exact) mass is 269 g/mol. The van der Waals surface area contributed by atoms with Gasteiger partial charge in [0.1, 0.15) is 6.10 Å². The van der Waals surface area contributed by atoms with Gasteiger partial charge < -0.3 is 10.5 Å². The summed E-state index contributed by atoms with van der Waals surface area (Å²) in [5.41, 5.74) is 6.15. The lowest BCUT2D eigenvalue weighted by Gasteiger charge is -2.22. The van der Waals surface area contributed by atoms with Crippen molar-refractivity contribution in [1.82, 2.24) is 0 Å². The van der Waals surface area contributed by atoms with Gasteiger partial charge in [0.05, 0.1) is 0 Å². The Labute approximate surface area is 116 Å². The van der Waals surface area contributed by atoms with Crippen molar-refractivity contribution in [2.24, 2.45) is 5.73 Å². The average Bonchev–Trinajstić information content (AvgIpc) is 2.91. The van der Waals surface area contributed by atoms with Crippen LogP contribution in [-0.2, 0) is 4.74 Å². The van der Waals surface area contributed by atoms with Crippen molar-refractivity contribution in [2.75, 3.05) is 6.61 Å². The van der Waals surface area contributed by atoms with Crippen molar-refractivity contribution in [1.29, 1.82) is 0 Å². The van der Waals surface area contributed by atoms with Crippen LogP contribution in [0.15, 0.2) is 17.5 Å². The first-order valence-corrected chi connectivity index (χ1v) is 8.08. The van der Waals surface area contributed by atoms with Crippen LogP contribution >= 0.6 is 11.3 Å². The molecule has 0 aliphatic rings. The van der Waals surface area contributed by atoms with Crippen molar-refractivity contribution >= 4 is 11.3 Å². The molecule has 0 spiro atoms. The lowest BCUT2D eigenvalue weighted by atomic mass is 10.1. The van der Waals surface area contributed by atoms with Gasteiger partial charge in [0, 0.05) is 17.5 Å². The first-order chi connectivity index (χ1) is 8.79. The second-order valence-corrected chi connectivity index (χ2v) is 5.77. The SMILES string of the molecule is CCCCCCCOC(c1cccs1)C(N)CC. The van der Waals surface area contributed by atoms with Crippen LogP contribution in [0.3, 0.4) is 0 Å². The van der Waals surface area contributed by atoms with Gasteiger partial charge >= 0.3 is 0 Å². The third-order valence-electron chi connectivity index (χ3n) is 3.23. The van der Waals surface area contributed by atoms with Gasteiger partial charge in [0.25, 0.3) is 0 Å². The van der Waals surface area contributed by atoms with E-state index in [2.05, 4.69) is 31.4 Å². The summed E-state index contributed by atoms with van der Waals surface area (Å²) in [6.45, 7) is 5.19. The topological polar surface area (TPSA) is 35.2 Å². The summed E-state index contributed by atoms with van der Waals surface area (Å²) in [7, 11) is 0. The molecule has 1 aromatic heterocycles. The molecule has 0 saturated carbocycles. The summed E-state index contributed by atoms with van der Waals surface area (Å²) in [5.74, 6) is 0. The van der Waals surface area contributed by atoms with E-state index in [1.807, 2.05) is 0 Å². The average molecular weight is 269 g/mol. The first kappa shape index (κ1) is 15.7. The van der Waals surface area contributed by atoms with Crippen molar-refractivity contribution in [3.05, 3.63) is 22.4 Å². The molecule has 1 aromatic rings. The smallest absolute Gasteiger partial charge is 0.107 e. The molecule has 2 nitrogen and oxygen atoms in total. The van der Waals surface area contributed by atoms with Gasteiger partial charge in [-0.25, -0.2) is 0 Å². The standard InChI is InChI=1S/C15H27NOS/c1-3-5-6-7-8-11-17-15(13(16)4-2)14-10-9-12-18-14/h9-10,12-13,15H,3-8,11,16H2,1-2H3. The molecule has 0 aliphatic heterocycles. The summed E-state index contributed by atoms with van der Waals surface area (Å²) >= 11 is 1.74. The Morgan fingerprint density at radius 2 is 2.00 bits per heavy atom. The Morgan fingerprint density at radius 1 is 1.22 bits per heavy atom. The minimum Gasteiger partial charge on any atom is -0.371 e. The second-order valence-electron chi connectivity index (χ2n) is 4.79. The van der Waals surface area contributed by atoms with Crippen molar-refractivity contribution in [2.45, 2.75) is 64.5 Å². The summed E-state index contributed by atoms with van der Waals surface area (Å²) in [4.78, 5) is 1.26. The molecule has 0 aliphatic carbocycles. The van der Waals surface area contributed by atoms with Crippen LogP contribution in [-0.4, -0.2) is 12.6 Å². The first-order valence-electron chi connectivity index (χ1n) is 7.20. The van der Waals surface area contributed by atoms with Crippen molar-refractivity contribution < 1.29 is 4.74 Å². The molecule has 0 aromatic carbocycles. The highest BCUT2D eigenvalue weighted by molar-refractivity contribution is 7.10. The maximum absolute atomic E-state index is 6.15. The summed E-state index contributed by atoms with van der Waals surface area (Å²) in [6, 6.07) is 4.31. The predicted molar refractivity (Wildman–Crippen MR) is 80.0 cm³/mol. The van der Waals surface area contributed by atoms with Crippen LogP contribution in [0.5, 0.6) is 0 Å². The Hall–Kier alpha value is -0.380. The van der Waals surface area contributed by atoms with Crippen LogP contribution in [0.2, 0.25) is 0 Å². The fourth-order valence-corrected chi connectivity index (χ4v) is 2.85. The Morgan fingerprint density at radius 3 is 2.61 bits per heavy atom. The number of thiophene rings is 1. The molecule has 0 fully saturated rings. The van der Waals surface area contributed by atoms with E-state index in [0.717, 1.165) is 19.4 Å². The number of unbranched alkanes of at least 4 members (excludes halogenated alkanes) is 4. The molecular formula is C15H27NOS. The number of ether oxygens (including phenoxy) is 1. The molecule has 0 bridgehead atoms. The molecule has 1 rings (SSSR count). The van der Waals surface area contributed by atoms with Gasteiger partial charge in [0.2, 0.25) is 0 Å². The van der Waals surface area contributed by atoms with Gasteiger partial charge in [-0.2, -0.15) is 0 Å². The van der Waals surface area contributed by atoms with Crippen LogP contribution in [0, 0.1) is 0 Å². The highest BCUT2D eigenvalue weighted by Crippen LogP contribution is 2.26. The maximum Gasteiger partial charge on any atom is 0.107 e. The van der Waals surface area contributed by atoms with Gasteiger partial charge in [0.15, 0.2) is 0 Å². The van der Waals surface area contributed by atoms with Gasteiger partial charge in [-0.1, -0.05) is 45.6 Å². The largest absolute Gasteiger partial charge is 0.371 e. The number of rotatable bonds is 10. The highest BCUT2D eigenvalue weighted by atomic mass is 32.1. The second kappa shape index (κ2) is 9.54. The van der Waals surface area contributed by atoms with E-state index in [1.54, 1.807) is 11.3 Å². The zero-order chi connectivity index (χ0) is 13.2. The molecule has 2 unspecified atom stereocenters. The molecule has 0 saturated heterocycles. The van der Waals surface area contributed by atoms with Crippen molar-refractivity contribution in [3.8, 4) is 0 Å². The van der Waals surface area contributed by atoms with E-state index in [-0.39, 0.29) is 12.1 Å². The minimum absolute atomic E-state index is 0.0844. The van der Waals surface area contributed by atoms with E-state index in [9.17, 15) is 0 Å². The van der Waals surface area contributed by atoms with Crippen LogP contribution in [0.4, 0.5) is 0 Å². The van der Waals surface area contributed by atoms with Gasteiger partial charge in [-0.3, -0.25) is 0 Å². The van der Waals surface area contributed by atoms with Crippen LogP contribution < -0.4 is 5.73 Å². The molecule has 0 radical (unpaired) electrons. The predicted octanol–water partition coefficient (Wildman–Crippen LogP) is 4.51. The molecule has 0 amide bonds.